The van der Waals surface area contributed by atoms with Crippen LogP contribution in [0.1, 0.15) is 26.7 Å². The molecule has 126 valence electrons. The minimum Gasteiger partial charge on any atom is -0.339 e. The van der Waals surface area contributed by atoms with Crippen LogP contribution in [0.25, 0.3) is 0 Å². The zero-order chi connectivity index (χ0) is 17.0. The van der Waals surface area contributed by atoms with Gasteiger partial charge in [0.2, 0.25) is 5.91 Å². The van der Waals surface area contributed by atoms with Crippen LogP contribution >= 0.6 is 11.8 Å². The van der Waals surface area contributed by atoms with Gasteiger partial charge in [-0.1, -0.05) is 13.8 Å². The van der Waals surface area contributed by atoms with E-state index in [0.717, 1.165) is 41.5 Å². The minimum absolute atomic E-state index is 0.0710. The van der Waals surface area contributed by atoms with E-state index in [1.54, 1.807) is 4.90 Å². The summed E-state index contributed by atoms with van der Waals surface area (Å²) in [6, 6.07) is 2.28. The number of hydrogen-bond donors (Lipinski definition) is 0. The Labute approximate surface area is 138 Å². The first kappa shape index (κ1) is 17.5. The van der Waals surface area contributed by atoms with Crippen molar-refractivity contribution >= 4 is 23.4 Å². The number of carbonyl (C=O) groups excluding carboxylic acids is 1. The molecular weight excluding hydrogens is 318 g/mol. The van der Waals surface area contributed by atoms with Crippen molar-refractivity contribution < 1.29 is 9.72 Å². The lowest BCUT2D eigenvalue weighted by Crippen LogP contribution is -2.49. The van der Waals surface area contributed by atoms with Gasteiger partial charge in [0.15, 0.2) is 0 Å². The standard InChI is InChI=1S/C15H21N3O4S/c1-3-15(4-2)11-16(7-8-23-15)14(20)10-17-9-12(18(21)22)5-6-13(17)19/h5-6,9H,3-4,7-8,10-11H2,1-2H3. The van der Waals surface area contributed by atoms with Gasteiger partial charge in [-0.2, -0.15) is 11.8 Å². The van der Waals surface area contributed by atoms with E-state index in [2.05, 4.69) is 13.8 Å². The number of rotatable bonds is 5. The van der Waals surface area contributed by atoms with Gasteiger partial charge < -0.3 is 4.90 Å². The normalized spacial score (nSPS) is 17.0. The van der Waals surface area contributed by atoms with Crippen LogP contribution in [0.4, 0.5) is 5.69 Å². The van der Waals surface area contributed by atoms with E-state index in [4.69, 9.17) is 0 Å². The first-order valence-electron chi connectivity index (χ1n) is 7.67. The van der Waals surface area contributed by atoms with E-state index in [1.807, 2.05) is 11.8 Å². The molecule has 2 rings (SSSR count). The minimum atomic E-state index is -0.572. The molecule has 0 saturated carbocycles. The molecule has 1 aliphatic rings. The quantitative estimate of drug-likeness (QED) is 0.604. The van der Waals surface area contributed by atoms with Crippen molar-refractivity contribution in [2.24, 2.45) is 0 Å². The molecule has 1 amide bonds. The van der Waals surface area contributed by atoms with Gasteiger partial charge in [0, 0.05) is 35.7 Å². The Morgan fingerprint density at radius 3 is 2.70 bits per heavy atom. The van der Waals surface area contributed by atoms with E-state index < -0.39 is 10.5 Å². The average Bonchev–Trinajstić information content (AvgIpc) is 2.56. The fraction of sp³-hybridized carbons (Fsp3) is 0.600. The molecule has 0 radical (unpaired) electrons. The molecule has 1 aromatic heterocycles. The molecule has 1 saturated heterocycles. The largest absolute Gasteiger partial charge is 0.339 e. The summed E-state index contributed by atoms with van der Waals surface area (Å²) in [6.45, 7) is 5.39. The molecule has 0 spiro atoms. The molecule has 1 aliphatic heterocycles. The summed E-state index contributed by atoms with van der Waals surface area (Å²) in [5, 5.41) is 10.8. The summed E-state index contributed by atoms with van der Waals surface area (Å²) < 4.78 is 1.18. The molecule has 0 N–H and O–H groups in total. The molecule has 7 nitrogen and oxygen atoms in total. The van der Waals surface area contributed by atoms with E-state index >= 15 is 0 Å². The Bertz CT molecular complexity index is 654. The van der Waals surface area contributed by atoms with Crippen LogP contribution in [0.2, 0.25) is 0 Å². The van der Waals surface area contributed by atoms with Gasteiger partial charge in [-0.15, -0.1) is 0 Å². The van der Waals surface area contributed by atoms with Crippen LogP contribution in [0.15, 0.2) is 23.1 Å². The number of nitro groups is 1. The summed E-state index contributed by atoms with van der Waals surface area (Å²) in [6.07, 6.45) is 3.09. The second kappa shape index (κ2) is 7.16. The zero-order valence-corrected chi connectivity index (χ0v) is 14.2. The fourth-order valence-electron chi connectivity index (χ4n) is 2.73. The predicted molar refractivity (Wildman–Crippen MR) is 89.7 cm³/mol. The third-order valence-corrected chi connectivity index (χ3v) is 6.08. The highest BCUT2D eigenvalue weighted by molar-refractivity contribution is 8.00. The predicted octanol–water partition coefficient (Wildman–Crippen LogP) is 1.89. The van der Waals surface area contributed by atoms with Crippen molar-refractivity contribution in [2.75, 3.05) is 18.8 Å². The van der Waals surface area contributed by atoms with Gasteiger partial charge in [0.05, 0.1) is 11.1 Å². The summed E-state index contributed by atoms with van der Waals surface area (Å²) in [5.74, 6) is 0.705. The number of thioether (sulfide) groups is 1. The smallest absolute Gasteiger partial charge is 0.285 e. The monoisotopic (exact) mass is 339 g/mol. The number of aromatic nitrogens is 1. The maximum atomic E-state index is 12.5. The Morgan fingerprint density at radius 2 is 2.09 bits per heavy atom. The Morgan fingerprint density at radius 1 is 1.39 bits per heavy atom. The lowest BCUT2D eigenvalue weighted by molar-refractivity contribution is -0.385. The summed E-state index contributed by atoms with van der Waals surface area (Å²) in [5.41, 5.74) is -0.601. The van der Waals surface area contributed by atoms with Crippen LogP contribution in [-0.2, 0) is 11.3 Å². The van der Waals surface area contributed by atoms with Crippen LogP contribution < -0.4 is 5.56 Å². The van der Waals surface area contributed by atoms with Gasteiger partial charge >= 0.3 is 0 Å². The van der Waals surface area contributed by atoms with Crippen LogP contribution in [0.5, 0.6) is 0 Å². The van der Waals surface area contributed by atoms with Gasteiger partial charge in [-0.3, -0.25) is 24.3 Å². The lowest BCUT2D eigenvalue weighted by atomic mass is 10.0. The second-order valence-corrected chi connectivity index (χ2v) is 7.23. The maximum absolute atomic E-state index is 12.5. The third kappa shape index (κ3) is 3.93. The topological polar surface area (TPSA) is 85.4 Å². The highest BCUT2D eigenvalue weighted by Crippen LogP contribution is 2.36. The molecule has 0 aromatic carbocycles. The maximum Gasteiger partial charge on any atom is 0.285 e. The van der Waals surface area contributed by atoms with Gasteiger partial charge in [-0.05, 0) is 12.8 Å². The number of amides is 1. The second-order valence-electron chi connectivity index (χ2n) is 5.66. The molecule has 0 aliphatic carbocycles. The van der Waals surface area contributed by atoms with Crippen molar-refractivity contribution in [1.29, 1.82) is 0 Å². The van der Waals surface area contributed by atoms with Crippen molar-refractivity contribution in [3.63, 3.8) is 0 Å². The van der Waals surface area contributed by atoms with Crippen LogP contribution in [0, 0.1) is 10.1 Å². The SMILES string of the molecule is CCC1(CC)CN(C(=O)Cn2cc([N+](=O)[O-])ccc2=O)CCS1. The first-order chi connectivity index (χ1) is 10.9. The molecule has 2 heterocycles. The molecular formula is C15H21N3O4S. The average molecular weight is 339 g/mol. The highest BCUT2D eigenvalue weighted by Gasteiger charge is 2.34. The number of hydrogen-bond acceptors (Lipinski definition) is 5. The van der Waals surface area contributed by atoms with Crippen LogP contribution in [0.3, 0.4) is 0 Å². The van der Waals surface area contributed by atoms with E-state index in [9.17, 15) is 19.7 Å². The van der Waals surface area contributed by atoms with Crippen molar-refractivity contribution in [3.8, 4) is 0 Å². The molecule has 0 bridgehead atoms. The van der Waals surface area contributed by atoms with E-state index in [1.165, 1.54) is 0 Å². The van der Waals surface area contributed by atoms with Gasteiger partial charge in [-0.25, -0.2) is 0 Å². The van der Waals surface area contributed by atoms with Gasteiger partial charge in [0.25, 0.3) is 11.2 Å². The zero-order valence-electron chi connectivity index (χ0n) is 13.4. The summed E-state index contributed by atoms with van der Waals surface area (Å²) in [7, 11) is 0. The summed E-state index contributed by atoms with van der Waals surface area (Å²) >= 11 is 1.90. The molecule has 23 heavy (non-hydrogen) atoms. The van der Waals surface area contributed by atoms with Crippen molar-refractivity contribution in [3.05, 3.63) is 38.8 Å². The van der Waals surface area contributed by atoms with E-state index in [-0.39, 0.29) is 22.9 Å². The van der Waals surface area contributed by atoms with Gasteiger partial charge in [0.1, 0.15) is 6.54 Å². The Balaban J connectivity index is 2.14. The molecule has 1 aromatic rings. The lowest BCUT2D eigenvalue weighted by Gasteiger charge is -2.41. The third-order valence-electron chi connectivity index (χ3n) is 4.37. The fourth-order valence-corrected chi connectivity index (χ4v) is 4.13. The Hall–Kier alpha value is -1.83. The Kier molecular flexibility index (Phi) is 5.46. The highest BCUT2D eigenvalue weighted by atomic mass is 32.2. The number of pyridine rings is 1. The molecule has 1 fully saturated rings. The molecule has 8 heteroatoms. The molecule has 0 atom stereocenters. The van der Waals surface area contributed by atoms with E-state index in [0.29, 0.717) is 13.1 Å². The number of carbonyl (C=O) groups is 1. The first-order valence-corrected chi connectivity index (χ1v) is 8.66. The van der Waals surface area contributed by atoms with Crippen molar-refractivity contribution in [2.45, 2.75) is 38.0 Å². The number of nitrogens with zero attached hydrogens (tertiary/aromatic N) is 3. The molecule has 0 unspecified atom stereocenters. The van der Waals surface area contributed by atoms with Crippen molar-refractivity contribution in [1.82, 2.24) is 9.47 Å². The summed E-state index contributed by atoms with van der Waals surface area (Å²) in [4.78, 5) is 36.3. The van der Waals surface area contributed by atoms with Crippen LogP contribution in [-0.4, -0.2) is 43.9 Å².